The number of rotatable bonds is 1. The van der Waals surface area contributed by atoms with Crippen LogP contribution in [-0.4, -0.2) is 10.5 Å². The van der Waals surface area contributed by atoms with Gasteiger partial charge in [0.1, 0.15) is 0 Å². The third-order valence-corrected chi connectivity index (χ3v) is 0.389. The molecule has 0 fully saturated rings. The molecule has 0 heterocycles. The van der Waals surface area contributed by atoms with E-state index in [-0.39, 0.29) is 0 Å². The van der Waals surface area contributed by atoms with Gasteiger partial charge in [-0.2, -0.15) is 0 Å². The highest BCUT2D eigenvalue weighted by Gasteiger charge is 2.20. The Hall–Kier alpha value is 0.340. The zero-order valence-electron chi connectivity index (χ0n) is 2.95. The van der Waals surface area contributed by atoms with Gasteiger partial charge in [0.05, 0.1) is 0 Å². The van der Waals surface area contributed by atoms with E-state index in [4.69, 9.17) is 34.8 Å². The third kappa shape index (κ3) is 6.34. The van der Waals surface area contributed by atoms with Gasteiger partial charge in [-0.3, -0.25) is 0 Å². The first-order valence-corrected chi connectivity index (χ1v) is 2.31. The summed E-state index contributed by atoms with van der Waals surface area (Å²) in [6.07, 6.45) is 0. The van der Waals surface area contributed by atoms with E-state index in [0.29, 0.717) is 0 Å². The van der Waals surface area contributed by atoms with Gasteiger partial charge in [-0.25, -0.2) is 4.79 Å². The van der Waals surface area contributed by atoms with Gasteiger partial charge in [-0.15, -0.1) is 0 Å². The van der Waals surface area contributed by atoms with E-state index < -0.39 is 3.98 Å². The molecule has 5 heteroatoms. The van der Waals surface area contributed by atoms with Crippen molar-refractivity contribution in [3.05, 3.63) is 0 Å². The van der Waals surface area contributed by atoms with Crippen LogP contribution in [0, 0.1) is 0 Å². The summed E-state index contributed by atoms with van der Waals surface area (Å²) in [6, 6.07) is 0. The minimum Gasteiger partial charge on any atom is -0.406 e. The molecule has 0 aromatic rings. The molecule has 0 aromatic carbocycles. The Morgan fingerprint density at radius 2 is 1.86 bits per heavy atom. The van der Waals surface area contributed by atoms with E-state index >= 15 is 0 Å². The van der Waals surface area contributed by atoms with Crippen molar-refractivity contribution in [1.82, 2.24) is 0 Å². The Kier molecular flexibility index (Phi) is 2.73. The number of carbonyl (C=O) groups excluding carboxylic acids is 1. The number of halogens is 3. The van der Waals surface area contributed by atoms with Crippen LogP contribution in [0.5, 0.6) is 0 Å². The Labute approximate surface area is 55.3 Å². The number of alkyl halides is 3. The van der Waals surface area contributed by atoms with Crippen molar-refractivity contribution >= 4 is 41.3 Å². The Balaban J connectivity index is 3.34. The highest BCUT2D eigenvalue weighted by molar-refractivity contribution is 6.66. The molecular weight excluding hydrogens is 162 g/mol. The van der Waals surface area contributed by atoms with E-state index in [2.05, 4.69) is 4.74 Å². The largest absolute Gasteiger partial charge is 0.421 e. The summed E-state index contributed by atoms with van der Waals surface area (Å²) in [4.78, 5) is 9.22. The van der Waals surface area contributed by atoms with Crippen molar-refractivity contribution in [3.63, 3.8) is 0 Å². The minimum absolute atomic E-state index is 0.962. The van der Waals surface area contributed by atoms with Crippen molar-refractivity contribution in [2.24, 2.45) is 0 Å². The van der Waals surface area contributed by atoms with Gasteiger partial charge in [-0.1, -0.05) is 0 Å². The summed E-state index contributed by atoms with van der Waals surface area (Å²) in [6.45, 7) is 0.962. The molecule has 0 bridgehead atoms. The summed E-state index contributed by atoms with van der Waals surface area (Å²) >= 11 is 14.6. The maximum Gasteiger partial charge on any atom is 0.421 e. The number of hydrogen-bond acceptors (Lipinski definition) is 2. The summed E-state index contributed by atoms with van der Waals surface area (Å²) in [7, 11) is 0. The van der Waals surface area contributed by atoms with Crippen LogP contribution in [0.15, 0.2) is 0 Å². The first-order valence-electron chi connectivity index (χ1n) is 1.18. The van der Waals surface area contributed by atoms with E-state index in [9.17, 15) is 4.79 Å². The Bertz CT molecular complexity index is 65.8. The molecule has 0 amide bonds. The van der Waals surface area contributed by atoms with Gasteiger partial charge in [-0.05, 0) is 34.8 Å². The standard InChI is InChI=1S/C2Cl3O2/c3-2(4,5)7-1-6. The lowest BCUT2D eigenvalue weighted by atomic mass is 11.5. The summed E-state index contributed by atoms with van der Waals surface area (Å²) in [5, 5.41) is 0. The molecule has 0 aliphatic carbocycles. The van der Waals surface area contributed by atoms with E-state index in [0.717, 1.165) is 6.47 Å². The molecule has 7 heavy (non-hydrogen) atoms. The smallest absolute Gasteiger partial charge is 0.406 e. The van der Waals surface area contributed by atoms with Crippen molar-refractivity contribution in [1.29, 1.82) is 0 Å². The monoisotopic (exact) mass is 161 g/mol. The fourth-order valence-corrected chi connectivity index (χ4v) is 0.142. The summed E-state index contributed by atoms with van der Waals surface area (Å²) in [5.74, 6) is 0. The molecule has 41 valence electrons. The summed E-state index contributed by atoms with van der Waals surface area (Å²) < 4.78 is 1.76. The second kappa shape index (κ2) is 2.60. The van der Waals surface area contributed by atoms with Gasteiger partial charge in [0.2, 0.25) is 0 Å². The van der Waals surface area contributed by atoms with Crippen molar-refractivity contribution in [2.75, 3.05) is 0 Å². The fraction of sp³-hybridized carbons (Fsp3) is 0.500. The average molecular weight is 162 g/mol. The average Bonchev–Trinajstić information content (AvgIpc) is 1.30. The highest BCUT2D eigenvalue weighted by atomic mass is 35.6. The minimum atomic E-state index is -1.96. The lowest BCUT2D eigenvalue weighted by Gasteiger charge is -2.03. The summed E-state index contributed by atoms with van der Waals surface area (Å²) in [5.41, 5.74) is 0. The quantitative estimate of drug-likeness (QED) is 0.545. The fourth-order valence-electron chi connectivity index (χ4n) is 0.0472. The molecule has 0 aromatic heterocycles. The molecular formula is C2Cl3O2. The molecule has 0 spiro atoms. The van der Waals surface area contributed by atoms with Crippen molar-refractivity contribution in [3.8, 4) is 0 Å². The van der Waals surface area contributed by atoms with Crippen molar-refractivity contribution in [2.45, 2.75) is 3.98 Å². The second-order valence-corrected chi connectivity index (χ2v) is 2.81. The predicted octanol–water partition coefficient (Wildman–Crippen LogP) is 1.40. The van der Waals surface area contributed by atoms with Crippen LogP contribution in [0.2, 0.25) is 0 Å². The van der Waals surface area contributed by atoms with Crippen molar-refractivity contribution < 1.29 is 9.53 Å². The van der Waals surface area contributed by atoms with Gasteiger partial charge in [0, 0.05) is 0 Å². The van der Waals surface area contributed by atoms with Crippen LogP contribution in [0.1, 0.15) is 0 Å². The Morgan fingerprint density at radius 3 is 1.86 bits per heavy atom. The molecule has 0 saturated heterocycles. The predicted molar refractivity (Wildman–Crippen MR) is 27.1 cm³/mol. The topological polar surface area (TPSA) is 26.3 Å². The van der Waals surface area contributed by atoms with E-state index in [1.807, 2.05) is 0 Å². The Morgan fingerprint density at radius 1 is 1.43 bits per heavy atom. The van der Waals surface area contributed by atoms with Crippen LogP contribution in [0.25, 0.3) is 0 Å². The lowest BCUT2D eigenvalue weighted by molar-refractivity contribution is 0.279. The first kappa shape index (κ1) is 7.34. The normalized spacial score (nSPS) is 10.7. The highest BCUT2D eigenvalue weighted by Crippen LogP contribution is 2.25. The van der Waals surface area contributed by atoms with Crippen LogP contribution in [0.4, 0.5) is 0 Å². The molecule has 0 aliphatic rings. The van der Waals surface area contributed by atoms with Gasteiger partial charge in [0.15, 0.2) is 0 Å². The van der Waals surface area contributed by atoms with E-state index in [1.165, 1.54) is 0 Å². The maximum atomic E-state index is 9.22. The third-order valence-electron chi connectivity index (χ3n) is 0.157. The molecule has 0 rings (SSSR count). The zero-order valence-corrected chi connectivity index (χ0v) is 5.22. The van der Waals surface area contributed by atoms with Crippen LogP contribution < -0.4 is 0 Å². The number of ether oxygens (including phenoxy) is 1. The van der Waals surface area contributed by atoms with Crippen LogP contribution >= 0.6 is 34.8 Å². The number of hydrogen-bond donors (Lipinski definition) is 0. The molecule has 0 atom stereocenters. The van der Waals surface area contributed by atoms with E-state index in [1.54, 1.807) is 0 Å². The molecule has 0 saturated carbocycles. The van der Waals surface area contributed by atoms with Gasteiger partial charge < -0.3 is 4.74 Å². The molecule has 0 N–H and O–H groups in total. The van der Waals surface area contributed by atoms with Crippen LogP contribution in [0.3, 0.4) is 0 Å². The van der Waals surface area contributed by atoms with Gasteiger partial charge in [0.25, 0.3) is 0 Å². The molecule has 2 nitrogen and oxygen atoms in total. The van der Waals surface area contributed by atoms with Gasteiger partial charge >= 0.3 is 10.5 Å². The van der Waals surface area contributed by atoms with Crippen LogP contribution in [-0.2, 0) is 9.53 Å². The second-order valence-electron chi connectivity index (χ2n) is 0.631. The molecule has 0 aliphatic heterocycles. The zero-order chi connectivity index (χ0) is 5.91. The SMILES string of the molecule is O=[C]OC(Cl)(Cl)Cl. The maximum absolute atomic E-state index is 9.22. The molecule has 1 radical (unpaired) electrons. The lowest BCUT2D eigenvalue weighted by Crippen LogP contribution is -2.05. The first-order chi connectivity index (χ1) is 3.06. The molecule has 0 unspecified atom stereocenters.